The van der Waals surface area contributed by atoms with Crippen molar-refractivity contribution in [3.8, 4) is 0 Å². The van der Waals surface area contributed by atoms with Crippen LogP contribution in [-0.4, -0.2) is 23.5 Å². The molecule has 0 atom stereocenters. The molecule has 2 aromatic rings. The second kappa shape index (κ2) is 5.88. The van der Waals surface area contributed by atoms with E-state index in [1.54, 1.807) is 26.0 Å². The highest BCUT2D eigenvalue weighted by Crippen LogP contribution is 2.17. The average Bonchev–Trinajstić information content (AvgIpc) is 2.82. The maximum absolute atomic E-state index is 12.2. The summed E-state index contributed by atoms with van der Waals surface area (Å²) in [5.74, 6) is 0.648. The molecule has 0 bridgehead atoms. The predicted octanol–water partition coefficient (Wildman–Crippen LogP) is 0.799. The Labute approximate surface area is 127 Å². The maximum atomic E-state index is 12.2. The van der Waals surface area contributed by atoms with Crippen LogP contribution in [-0.2, 0) is 16.6 Å². The van der Waals surface area contributed by atoms with Gasteiger partial charge in [0, 0.05) is 5.56 Å². The van der Waals surface area contributed by atoms with Gasteiger partial charge < -0.3 is 10.3 Å². The molecule has 112 valence electrons. The first-order valence-corrected chi connectivity index (χ1v) is 7.88. The largest absolute Gasteiger partial charge is 0.389 e. The molecule has 0 radical (unpaired) electrons. The van der Waals surface area contributed by atoms with Gasteiger partial charge in [0.05, 0.1) is 11.4 Å². The van der Waals surface area contributed by atoms with Crippen LogP contribution in [0.4, 0.5) is 0 Å². The molecule has 9 heteroatoms. The van der Waals surface area contributed by atoms with E-state index in [0.29, 0.717) is 17.0 Å². The lowest BCUT2D eigenvalue weighted by Crippen LogP contribution is -2.24. The van der Waals surface area contributed by atoms with E-state index in [4.69, 9.17) is 22.5 Å². The highest BCUT2D eigenvalue weighted by Gasteiger charge is 2.18. The minimum atomic E-state index is -3.68. The summed E-state index contributed by atoms with van der Waals surface area (Å²) in [6.07, 6.45) is 0. The summed E-state index contributed by atoms with van der Waals surface area (Å²) in [7, 11) is -3.68. The summed E-state index contributed by atoms with van der Waals surface area (Å²) in [6, 6.07) is 4.67. The first-order chi connectivity index (χ1) is 9.79. The number of aryl methyl sites for hydroxylation is 2. The number of rotatable bonds is 5. The van der Waals surface area contributed by atoms with Crippen molar-refractivity contribution in [2.75, 3.05) is 0 Å². The van der Waals surface area contributed by atoms with E-state index in [1.165, 1.54) is 6.07 Å². The van der Waals surface area contributed by atoms with Gasteiger partial charge in [0.1, 0.15) is 4.99 Å². The molecule has 0 saturated carbocycles. The Morgan fingerprint density at radius 1 is 1.43 bits per heavy atom. The van der Waals surface area contributed by atoms with E-state index in [-0.39, 0.29) is 22.3 Å². The number of hydrogen-bond acceptors (Lipinski definition) is 6. The fourth-order valence-corrected chi connectivity index (χ4v) is 3.08. The van der Waals surface area contributed by atoms with E-state index in [9.17, 15) is 8.42 Å². The summed E-state index contributed by atoms with van der Waals surface area (Å²) in [5, 5.41) is 3.59. The number of aromatic nitrogens is 2. The van der Waals surface area contributed by atoms with Crippen LogP contribution in [0.2, 0.25) is 0 Å². The van der Waals surface area contributed by atoms with Crippen molar-refractivity contribution in [2.24, 2.45) is 5.73 Å². The number of nitrogens with two attached hydrogens (primary N) is 1. The van der Waals surface area contributed by atoms with E-state index in [2.05, 4.69) is 14.9 Å². The van der Waals surface area contributed by atoms with Gasteiger partial charge in [-0.15, -0.1) is 0 Å². The second-order valence-corrected chi connectivity index (χ2v) is 6.58. The Balaban J connectivity index is 2.21. The molecular formula is C12H14N4O3S2. The van der Waals surface area contributed by atoms with Gasteiger partial charge in [0.15, 0.2) is 5.82 Å². The molecule has 1 aromatic carbocycles. The van der Waals surface area contributed by atoms with Crippen molar-refractivity contribution in [1.29, 1.82) is 0 Å². The van der Waals surface area contributed by atoms with Crippen LogP contribution in [0.1, 0.15) is 22.8 Å². The molecule has 0 spiro atoms. The number of sulfonamides is 1. The fraction of sp³-hybridized carbons (Fsp3) is 0.250. The quantitative estimate of drug-likeness (QED) is 0.782. The van der Waals surface area contributed by atoms with Crippen molar-refractivity contribution in [1.82, 2.24) is 14.9 Å². The normalized spacial score (nSPS) is 11.5. The van der Waals surface area contributed by atoms with Crippen molar-refractivity contribution in [3.05, 3.63) is 41.0 Å². The second-order valence-electron chi connectivity index (χ2n) is 4.40. The molecule has 2 rings (SSSR count). The Kier molecular flexibility index (Phi) is 4.35. The molecule has 1 heterocycles. The lowest BCUT2D eigenvalue weighted by Gasteiger charge is -2.09. The van der Waals surface area contributed by atoms with Gasteiger partial charge in [-0.1, -0.05) is 23.4 Å². The first-order valence-electron chi connectivity index (χ1n) is 5.99. The molecule has 0 aliphatic heterocycles. The van der Waals surface area contributed by atoms with E-state index >= 15 is 0 Å². The van der Waals surface area contributed by atoms with Gasteiger partial charge in [0.2, 0.25) is 15.9 Å². The minimum Gasteiger partial charge on any atom is -0.389 e. The summed E-state index contributed by atoms with van der Waals surface area (Å²) in [5.41, 5.74) is 6.69. The molecule has 0 aliphatic carbocycles. The van der Waals surface area contributed by atoms with Gasteiger partial charge in [-0.3, -0.25) is 0 Å². The van der Waals surface area contributed by atoms with Crippen LogP contribution in [0.5, 0.6) is 0 Å². The zero-order valence-electron chi connectivity index (χ0n) is 11.5. The summed E-state index contributed by atoms with van der Waals surface area (Å²) >= 11 is 4.86. The van der Waals surface area contributed by atoms with E-state index in [1.807, 2.05) is 0 Å². The highest BCUT2D eigenvalue weighted by molar-refractivity contribution is 7.89. The summed E-state index contributed by atoms with van der Waals surface area (Å²) < 4.78 is 31.8. The third-order valence-electron chi connectivity index (χ3n) is 2.73. The number of nitrogens with zero attached hydrogens (tertiary/aromatic N) is 2. The van der Waals surface area contributed by atoms with E-state index in [0.717, 1.165) is 0 Å². The number of nitrogens with one attached hydrogen (secondary N) is 1. The zero-order chi connectivity index (χ0) is 15.6. The third-order valence-corrected chi connectivity index (χ3v) is 4.53. The van der Waals surface area contributed by atoms with Crippen molar-refractivity contribution < 1.29 is 12.9 Å². The van der Waals surface area contributed by atoms with Gasteiger partial charge in [0.25, 0.3) is 0 Å². The highest BCUT2D eigenvalue weighted by atomic mass is 32.2. The van der Waals surface area contributed by atoms with Gasteiger partial charge in [-0.25, -0.2) is 13.1 Å². The lowest BCUT2D eigenvalue weighted by atomic mass is 10.1. The molecule has 0 saturated heterocycles. The number of hydrogen-bond donors (Lipinski definition) is 2. The third kappa shape index (κ3) is 3.63. The number of thiocarbonyl (C=S) groups is 1. The first kappa shape index (κ1) is 15.5. The van der Waals surface area contributed by atoms with Crippen LogP contribution >= 0.6 is 12.2 Å². The van der Waals surface area contributed by atoms with Crippen molar-refractivity contribution in [3.63, 3.8) is 0 Å². The Morgan fingerprint density at radius 3 is 2.67 bits per heavy atom. The molecular weight excluding hydrogens is 312 g/mol. The molecule has 1 aromatic heterocycles. The SMILES string of the molecule is Cc1noc(CNS(=O)(=O)c2ccc(C(N)=S)cc2C)n1. The number of benzene rings is 1. The van der Waals surface area contributed by atoms with Crippen LogP contribution in [0.25, 0.3) is 0 Å². The predicted molar refractivity (Wildman–Crippen MR) is 80.1 cm³/mol. The van der Waals surface area contributed by atoms with Crippen molar-refractivity contribution >= 4 is 27.2 Å². The van der Waals surface area contributed by atoms with Gasteiger partial charge >= 0.3 is 0 Å². The maximum Gasteiger partial charge on any atom is 0.241 e. The molecule has 7 nitrogen and oxygen atoms in total. The fourth-order valence-electron chi connectivity index (χ4n) is 1.75. The summed E-state index contributed by atoms with van der Waals surface area (Å²) in [4.78, 5) is 4.30. The topological polar surface area (TPSA) is 111 Å². The van der Waals surface area contributed by atoms with Gasteiger partial charge in [-0.2, -0.15) is 4.98 Å². The van der Waals surface area contributed by atoms with Crippen LogP contribution < -0.4 is 10.5 Å². The molecule has 3 N–H and O–H groups in total. The van der Waals surface area contributed by atoms with Crippen LogP contribution in [0.3, 0.4) is 0 Å². The molecule has 21 heavy (non-hydrogen) atoms. The smallest absolute Gasteiger partial charge is 0.241 e. The van der Waals surface area contributed by atoms with Crippen molar-refractivity contribution in [2.45, 2.75) is 25.3 Å². The molecule has 0 fully saturated rings. The monoisotopic (exact) mass is 326 g/mol. The Bertz CT molecular complexity index is 784. The van der Waals surface area contributed by atoms with Crippen LogP contribution in [0, 0.1) is 13.8 Å². The lowest BCUT2D eigenvalue weighted by molar-refractivity contribution is 0.372. The van der Waals surface area contributed by atoms with Crippen LogP contribution in [0.15, 0.2) is 27.6 Å². The van der Waals surface area contributed by atoms with E-state index < -0.39 is 10.0 Å². The van der Waals surface area contributed by atoms with Gasteiger partial charge in [-0.05, 0) is 31.5 Å². The molecule has 0 unspecified atom stereocenters. The Hall–Kier alpha value is -1.84. The molecule has 0 aliphatic rings. The Morgan fingerprint density at radius 2 is 2.14 bits per heavy atom. The zero-order valence-corrected chi connectivity index (χ0v) is 13.1. The summed E-state index contributed by atoms with van der Waals surface area (Å²) in [6.45, 7) is 3.26. The molecule has 0 amide bonds. The standard InChI is InChI=1S/C12H14N4O3S2/c1-7-5-9(12(13)20)3-4-10(7)21(17,18)14-6-11-15-8(2)16-19-11/h3-5,14H,6H2,1-2H3,(H2,13,20). The average molecular weight is 326 g/mol. The minimum absolute atomic E-state index is 0.0698.